The summed E-state index contributed by atoms with van der Waals surface area (Å²) < 4.78 is 0. The highest BCUT2D eigenvalue weighted by atomic mass is 16.3. The molecule has 0 fully saturated rings. The number of nitrogen functional groups attached to an aromatic ring is 1. The van der Waals surface area contributed by atoms with Crippen LogP contribution in [0.15, 0.2) is 48.5 Å². The zero-order chi connectivity index (χ0) is 14.5. The Kier molecular flexibility index (Phi) is 4.77. The van der Waals surface area contributed by atoms with Crippen molar-refractivity contribution in [1.29, 1.82) is 0 Å². The third-order valence-electron chi connectivity index (χ3n) is 3.47. The number of aliphatic hydroxyl groups excluding tert-OH is 1. The first kappa shape index (κ1) is 14.6. The number of aliphatic hydroxyl groups is 1. The lowest BCUT2D eigenvalue weighted by Crippen LogP contribution is -2.24. The predicted molar refractivity (Wildman–Crippen MR) is 83.3 cm³/mol. The van der Waals surface area contributed by atoms with Gasteiger partial charge in [0.05, 0.1) is 6.10 Å². The lowest BCUT2D eigenvalue weighted by atomic mass is 10.1. The fraction of sp³-hybridized carbons (Fsp3) is 0.294. The second-order valence-electron chi connectivity index (χ2n) is 5.31. The van der Waals surface area contributed by atoms with Gasteiger partial charge in [-0.1, -0.05) is 42.5 Å². The number of hydrogen-bond donors (Lipinski definition) is 2. The van der Waals surface area contributed by atoms with Crippen LogP contribution in [-0.2, 0) is 6.54 Å². The number of likely N-dealkylation sites (N-methyl/N-ethyl adjacent to an activating group) is 1. The molecule has 20 heavy (non-hydrogen) atoms. The molecule has 3 nitrogen and oxygen atoms in total. The van der Waals surface area contributed by atoms with Crippen LogP contribution in [0.5, 0.6) is 0 Å². The molecule has 106 valence electrons. The number of anilines is 1. The van der Waals surface area contributed by atoms with E-state index in [2.05, 4.69) is 17.0 Å². The van der Waals surface area contributed by atoms with Crippen LogP contribution in [0.25, 0.3) is 0 Å². The van der Waals surface area contributed by atoms with Gasteiger partial charge in [0.15, 0.2) is 0 Å². The third-order valence-corrected chi connectivity index (χ3v) is 3.47. The fourth-order valence-electron chi connectivity index (χ4n) is 2.23. The molecular weight excluding hydrogens is 248 g/mol. The van der Waals surface area contributed by atoms with Crippen LogP contribution in [0.1, 0.15) is 22.8 Å². The van der Waals surface area contributed by atoms with Gasteiger partial charge in [-0.2, -0.15) is 0 Å². The van der Waals surface area contributed by atoms with E-state index in [9.17, 15) is 5.11 Å². The van der Waals surface area contributed by atoms with Crippen molar-refractivity contribution in [3.8, 4) is 0 Å². The summed E-state index contributed by atoms with van der Waals surface area (Å²) in [5, 5.41) is 10.3. The first-order valence-electron chi connectivity index (χ1n) is 6.83. The van der Waals surface area contributed by atoms with E-state index in [0.717, 1.165) is 23.4 Å². The van der Waals surface area contributed by atoms with E-state index in [1.165, 1.54) is 5.56 Å². The van der Waals surface area contributed by atoms with E-state index in [-0.39, 0.29) is 0 Å². The van der Waals surface area contributed by atoms with E-state index in [1.54, 1.807) is 0 Å². The minimum absolute atomic E-state index is 0.522. The zero-order valence-corrected chi connectivity index (χ0v) is 12.1. The molecule has 0 aromatic heterocycles. The van der Waals surface area contributed by atoms with Crippen molar-refractivity contribution < 1.29 is 5.11 Å². The van der Waals surface area contributed by atoms with Crippen LogP contribution in [0, 0.1) is 6.92 Å². The number of hydrogen-bond acceptors (Lipinski definition) is 3. The van der Waals surface area contributed by atoms with Crippen molar-refractivity contribution in [2.45, 2.75) is 19.6 Å². The summed E-state index contributed by atoms with van der Waals surface area (Å²) in [6.45, 7) is 3.36. The Bertz CT molecular complexity index is 554. The molecule has 3 N–H and O–H groups in total. The van der Waals surface area contributed by atoms with E-state index in [4.69, 9.17) is 5.73 Å². The van der Waals surface area contributed by atoms with Gasteiger partial charge in [0, 0.05) is 18.8 Å². The average Bonchev–Trinajstić information content (AvgIpc) is 2.42. The summed E-state index contributed by atoms with van der Waals surface area (Å²) >= 11 is 0. The Morgan fingerprint density at radius 1 is 1.15 bits per heavy atom. The van der Waals surface area contributed by atoms with Crippen LogP contribution in [0.2, 0.25) is 0 Å². The maximum Gasteiger partial charge on any atom is 0.0917 e. The van der Waals surface area contributed by atoms with E-state index in [0.29, 0.717) is 6.54 Å². The summed E-state index contributed by atoms with van der Waals surface area (Å²) in [6.07, 6.45) is -0.522. The molecule has 2 aromatic rings. The Labute approximate surface area is 120 Å². The van der Waals surface area contributed by atoms with Gasteiger partial charge in [0.1, 0.15) is 0 Å². The number of nitrogens with zero attached hydrogens (tertiary/aromatic N) is 1. The summed E-state index contributed by atoms with van der Waals surface area (Å²) in [5.41, 5.74) is 9.77. The molecule has 0 aliphatic carbocycles. The van der Waals surface area contributed by atoms with Gasteiger partial charge in [-0.15, -0.1) is 0 Å². The highest BCUT2D eigenvalue weighted by Crippen LogP contribution is 2.20. The molecule has 0 amide bonds. The largest absolute Gasteiger partial charge is 0.399 e. The average molecular weight is 270 g/mol. The van der Waals surface area contributed by atoms with Crippen LogP contribution < -0.4 is 5.73 Å². The zero-order valence-electron chi connectivity index (χ0n) is 12.1. The number of benzene rings is 2. The number of aryl methyl sites for hydroxylation is 1. The Morgan fingerprint density at radius 2 is 1.85 bits per heavy atom. The quantitative estimate of drug-likeness (QED) is 0.821. The fourth-order valence-corrected chi connectivity index (χ4v) is 2.23. The van der Waals surface area contributed by atoms with Gasteiger partial charge in [-0.25, -0.2) is 0 Å². The molecule has 3 heteroatoms. The lowest BCUT2D eigenvalue weighted by Gasteiger charge is -2.21. The maximum atomic E-state index is 10.3. The van der Waals surface area contributed by atoms with Crippen LogP contribution in [0.3, 0.4) is 0 Å². The molecule has 0 saturated carbocycles. The smallest absolute Gasteiger partial charge is 0.0917 e. The highest BCUT2D eigenvalue weighted by Gasteiger charge is 2.11. The van der Waals surface area contributed by atoms with Crippen molar-refractivity contribution in [3.63, 3.8) is 0 Å². The summed E-state index contributed by atoms with van der Waals surface area (Å²) in [6, 6.07) is 16.0. The molecule has 1 unspecified atom stereocenters. The molecule has 2 rings (SSSR count). The number of rotatable bonds is 5. The van der Waals surface area contributed by atoms with Crippen molar-refractivity contribution >= 4 is 5.69 Å². The minimum atomic E-state index is -0.522. The van der Waals surface area contributed by atoms with Crippen LogP contribution >= 0.6 is 0 Å². The van der Waals surface area contributed by atoms with Gasteiger partial charge in [-0.05, 0) is 36.7 Å². The van der Waals surface area contributed by atoms with Gasteiger partial charge in [0.25, 0.3) is 0 Å². The Balaban J connectivity index is 1.96. The van der Waals surface area contributed by atoms with Gasteiger partial charge in [0.2, 0.25) is 0 Å². The van der Waals surface area contributed by atoms with E-state index in [1.807, 2.05) is 50.4 Å². The Hall–Kier alpha value is -1.84. The van der Waals surface area contributed by atoms with Crippen LogP contribution in [0.4, 0.5) is 5.69 Å². The number of nitrogens with two attached hydrogens (primary N) is 1. The molecule has 0 aliphatic rings. The Morgan fingerprint density at radius 3 is 2.50 bits per heavy atom. The molecule has 0 spiro atoms. The summed E-state index contributed by atoms with van der Waals surface area (Å²) in [5.74, 6) is 0. The van der Waals surface area contributed by atoms with Gasteiger partial charge >= 0.3 is 0 Å². The molecule has 0 heterocycles. The predicted octanol–water partition coefficient (Wildman–Crippen LogP) is 2.74. The molecular formula is C17H22N2O. The van der Waals surface area contributed by atoms with Crippen molar-refractivity contribution in [2.24, 2.45) is 0 Å². The lowest BCUT2D eigenvalue weighted by molar-refractivity contribution is 0.124. The molecule has 0 saturated heterocycles. The normalized spacial score (nSPS) is 12.6. The topological polar surface area (TPSA) is 49.5 Å². The minimum Gasteiger partial charge on any atom is -0.399 e. The SMILES string of the molecule is Cc1ccc(C(O)CN(C)Cc2ccccc2)cc1N. The highest BCUT2D eigenvalue weighted by molar-refractivity contribution is 5.48. The summed E-state index contributed by atoms with van der Waals surface area (Å²) in [7, 11) is 2.01. The molecule has 1 atom stereocenters. The first-order chi connectivity index (χ1) is 9.56. The second-order valence-corrected chi connectivity index (χ2v) is 5.31. The van der Waals surface area contributed by atoms with Crippen molar-refractivity contribution in [2.75, 3.05) is 19.3 Å². The molecule has 2 aromatic carbocycles. The van der Waals surface area contributed by atoms with E-state index < -0.39 is 6.10 Å². The van der Waals surface area contributed by atoms with E-state index >= 15 is 0 Å². The van der Waals surface area contributed by atoms with Crippen LogP contribution in [-0.4, -0.2) is 23.6 Å². The summed E-state index contributed by atoms with van der Waals surface area (Å²) in [4.78, 5) is 2.11. The molecule has 0 bridgehead atoms. The monoisotopic (exact) mass is 270 g/mol. The maximum absolute atomic E-state index is 10.3. The molecule has 0 radical (unpaired) electrons. The van der Waals surface area contributed by atoms with Crippen molar-refractivity contribution in [3.05, 3.63) is 65.2 Å². The molecule has 0 aliphatic heterocycles. The second kappa shape index (κ2) is 6.55. The standard InChI is InChI=1S/C17H22N2O/c1-13-8-9-15(10-16(13)18)17(20)12-19(2)11-14-6-4-3-5-7-14/h3-10,17,20H,11-12,18H2,1-2H3. The van der Waals surface area contributed by atoms with Crippen molar-refractivity contribution in [1.82, 2.24) is 4.90 Å². The van der Waals surface area contributed by atoms with Gasteiger partial charge in [-0.3, -0.25) is 4.90 Å². The first-order valence-corrected chi connectivity index (χ1v) is 6.83. The third kappa shape index (κ3) is 3.83. The van der Waals surface area contributed by atoms with Gasteiger partial charge < -0.3 is 10.8 Å².